The van der Waals surface area contributed by atoms with Gasteiger partial charge in [-0.15, -0.1) is 0 Å². The van der Waals surface area contributed by atoms with E-state index < -0.39 is 5.82 Å². The van der Waals surface area contributed by atoms with Crippen molar-refractivity contribution in [2.75, 3.05) is 18.0 Å². The molecule has 2 aromatic carbocycles. The largest absolute Gasteiger partial charge is 0.354 e. The molecule has 1 N–H and O–H groups in total. The maximum absolute atomic E-state index is 13.3. The van der Waals surface area contributed by atoms with E-state index in [0.29, 0.717) is 17.1 Å². The van der Waals surface area contributed by atoms with Crippen molar-refractivity contribution in [1.29, 1.82) is 0 Å². The first kappa shape index (κ1) is 23.2. The average Bonchev–Trinajstić information content (AvgIpc) is 2.69. The zero-order valence-corrected chi connectivity index (χ0v) is 17.9. The minimum atomic E-state index is -0.397. The van der Waals surface area contributed by atoms with Crippen molar-refractivity contribution in [3.8, 4) is 0 Å². The van der Waals surface area contributed by atoms with Crippen molar-refractivity contribution >= 4 is 40.7 Å². The molecule has 0 bridgehead atoms. The first-order valence-corrected chi connectivity index (χ1v) is 10.5. The topological polar surface area (TPSA) is 49.4 Å². The molecule has 2 amide bonds. The number of rotatable bonds is 10. The molecule has 0 aliphatic rings. The van der Waals surface area contributed by atoms with Crippen LogP contribution in [0.2, 0.25) is 10.0 Å². The van der Waals surface area contributed by atoms with Gasteiger partial charge in [0.25, 0.3) is 5.91 Å². The number of carbonyl (C=O) groups excluding carboxylic acids is 2. The van der Waals surface area contributed by atoms with Gasteiger partial charge >= 0.3 is 0 Å². The standard InChI is InChI=1S/C22H25Cl2FN2O2/c1-2-3-4-5-6-21(28)26-13-14-27(18-10-8-17(25)9-11-18)22(29)19-12-7-16(23)15-20(19)24/h7-12,15H,2-6,13-14H2,1H3,(H,26,28). The minimum absolute atomic E-state index is 0.0443. The Bertz CT molecular complexity index is 828. The molecule has 0 radical (unpaired) electrons. The summed E-state index contributed by atoms with van der Waals surface area (Å²) in [4.78, 5) is 26.5. The van der Waals surface area contributed by atoms with E-state index in [0.717, 1.165) is 25.7 Å². The summed E-state index contributed by atoms with van der Waals surface area (Å²) in [6.45, 7) is 2.62. The molecule has 0 aliphatic heterocycles. The number of hydrogen-bond donors (Lipinski definition) is 1. The van der Waals surface area contributed by atoms with Crippen molar-refractivity contribution in [3.63, 3.8) is 0 Å². The number of amides is 2. The molecule has 0 heterocycles. The summed E-state index contributed by atoms with van der Waals surface area (Å²) in [6.07, 6.45) is 4.57. The van der Waals surface area contributed by atoms with Crippen LogP contribution in [0.1, 0.15) is 49.4 Å². The van der Waals surface area contributed by atoms with Gasteiger partial charge in [-0.25, -0.2) is 4.39 Å². The number of anilines is 1. The van der Waals surface area contributed by atoms with Crippen LogP contribution in [0.4, 0.5) is 10.1 Å². The number of unbranched alkanes of at least 4 members (excludes halogenated alkanes) is 3. The fraction of sp³-hybridized carbons (Fsp3) is 0.364. The van der Waals surface area contributed by atoms with E-state index in [1.54, 1.807) is 12.1 Å². The van der Waals surface area contributed by atoms with Gasteiger partial charge in [0.15, 0.2) is 0 Å². The molecule has 29 heavy (non-hydrogen) atoms. The molecule has 4 nitrogen and oxygen atoms in total. The summed E-state index contributed by atoms with van der Waals surface area (Å²) in [5, 5.41) is 3.50. The highest BCUT2D eigenvalue weighted by molar-refractivity contribution is 6.37. The second-order valence-electron chi connectivity index (χ2n) is 6.72. The summed E-state index contributed by atoms with van der Waals surface area (Å²) in [5.74, 6) is -0.793. The molecule has 0 atom stereocenters. The third-order valence-electron chi connectivity index (χ3n) is 4.46. The van der Waals surface area contributed by atoms with E-state index in [1.165, 1.54) is 35.2 Å². The van der Waals surface area contributed by atoms with Gasteiger partial charge in [0.1, 0.15) is 5.82 Å². The maximum atomic E-state index is 13.3. The predicted octanol–water partition coefficient (Wildman–Crippen LogP) is 5.87. The quantitative estimate of drug-likeness (QED) is 0.471. The van der Waals surface area contributed by atoms with Crippen molar-refractivity contribution < 1.29 is 14.0 Å². The van der Waals surface area contributed by atoms with Crippen molar-refractivity contribution in [2.45, 2.75) is 39.0 Å². The van der Waals surface area contributed by atoms with E-state index in [9.17, 15) is 14.0 Å². The van der Waals surface area contributed by atoms with E-state index in [1.807, 2.05) is 0 Å². The molecule has 0 fully saturated rings. The van der Waals surface area contributed by atoms with Crippen LogP contribution in [0, 0.1) is 5.82 Å². The van der Waals surface area contributed by atoms with Crippen LogP contribution in [0.25, 0.3) is 0 Å². The molecule has 0 aromatic heterocycles. The van der Waals surface area contributed by atoms with Gasteiger partial charge in [0.05, 0.1) is 10.6 Å². The smallest absolute Gasteiger partial charge is 0.259 e. The molecular weight excluding hydrogens is 414 g/mol. The molecule has 0 aliphatic carbocycles. The van der Waals surface area contributed by atoms with E-state index in [2.05, 4.69) is 12.2 Å². The van der Waals surface area contributed by atoms with Crippen LogP contribution in [0.5, 0.6) is 0 Å². The van der Waals surface area contributed by atoms with Crippen molar-refractivity contribution in [1.82, 2.24) is 5.32 Å². The zero-order valence-electron chi connectivity index (χ0n) is 16.4. The Morgan fingerprint density at radius 2 is 1.76 bits per heavy atom. The lowest BCUT2D eigenvalue weighted by atomic mass is 10.1. The van der Waals surface area contributed by atoms with Gasteiger partial charge < -0.3 is 10.2 Å². The summed E-state index contributed by atoms with van der Waals surface area (Å²) >= 11 is 12.1. The second kappa shape index (κ2) is 11.8. The number of benzene rings is 2. The molecule has 156 valence electrons. The lowest BCUT2D eigenvalue weighted by molar-refractivity contribution is -0.121. The van der Waals surface area contributed by atoms with Gasteiger partial charge in [-0.05, 0) is 48.9 Å². The molecule has 2 rings (SSSR count). The Morgan fingerprint density at radius 1 is 1.03 bits per heavy atom. The van der Waals surface area contributed by atoms with Gasteiger partial charge in [-0.3, -0.25) is 9.59 Å². The van der Waals surface area contributed by atoms with Crippen LogP contribution in [0.3, 0.4) is 0 Å². The summed E-state index contributed by atoms with van der Waals surface area (Å²) in [6, 6.07) is 10.2. The van der Waals surface area contributed by atoms with E-state index >= 15 is 0 Å². The molecular formula is C22H25Cl2FN2O2. The monoisotopic (exact) mass is 438 g/mol. The van der Waals surface area contributed by atoms with Crippen molar-refractivity contribution in [3.05, 3.63) is 63.9 Å². The van der Waals surface area contributed by atoms with E-state index in [-0.39, 0.29) is 35.5 Å². The van der Waals surface area contributed by atoms with E-state index in [4.69, 9.17) is 23.2 Å². The Labute approximate surface area is 181 Å². The Morgan fingerprint density at radius 3 is 2.41 bits per heavy atom. The number of nitrogens with one attached hydrogen (secondary N) is 1. The number of hydrogen-bond acceptors (Lipinski definition) is 2. The fourth-order valence-electron chi connectivity index (χ4n) is 2.89. The SMILES string of the molecule is CCCCCCC(=O)NCCN(C(=O)c1ccc(Cl)cc1Cl)c1ccc(F)cc1. The highest BCUT2D eigenvalue weighted by atomic mass is 35.5. The summed E-state index contributed by atoms with van der Waals surface area (Å²) in [5.41, 5.74) is 0.797. The van der Waals surface area contributed by atoms with Crippen LogP contribution in [-0.4, -0.2) is 24.9 Å². The summed E-state index contributed by atoms with van der Waals surface area (Å²) in [7, 11) is 0. The normalized spacial score (nSPS) is 10.6. The molecule has 7 heteroatoms. The fourth-order valence-corrected chi connectivity index (χ4v) is 3.37. The minimum Gasteiger partial charge on any atom is -0.354 e. The van der Waals surface area contributed by atoms with Gasteiger partial charge in [-0.1, -0.05) is 49.4 Å². The van der Waals surface area contributed by atoms with Gasteiger partial charge in [0.2, 0.25) is 5.91 Å². The van der Waals surface area contributed by atoms with Crippen LogP contribution in [-0.2, 0) is 4.79 Å². The molecule has 0 unspecified atom stereocenters. The average molecular weight is 439 g/mol. The highest BCUT2D eigenvalue weighted by Crippen LogP contribution is 2.25. The van der Waals surface area contributed by atoms with Gasteiger partial charge in [-0.2, -0.15) is 0 Å². The third-order valence-corrected chi connectivity index (χ3v) is 5.01. The lowest BCUT2D eigenvalue weighted by Gasteiger charge is -2.24. The van der Waals surface area contributed by atoms with Crippen LogP contribution < -0.4 is 10.2 Å². The molecule has 2 aromatic rings. The van der Waals surface area contributed by atoms with Crippen LogP contribution >= 0.6 is 23.2 Å². The Balaban J connectivity index is 2.07. The summed E-state index contributed by atoms with van der Waals surface area (Å²) < 4.78 is 13.3. The number of halogens is 3. The van der Waals surface area contributed by atoms with Gasteiger partial charge in [0, 0.05) is 30.2 Å². The first-order valence-electron chi connectivity index (χ1n) is 9.71. The maximum Gasteiger partial charge on any atom is 0.259 e. The lowest BCUT2D eigenvalue weighted by Crippen LogP contribution is -2.38. The molecule has 0 spiro atoms. The highest BCUT2D eigenvalue weighted by Gasteiger charge is 2.20. The van der Waals surface area contributed by atoms with Crippen molar-refractivity contribution in [2.24, 2.45) is 0 Å². The number of nitrogens with zero attached hydrogens (tertiary/aromatic N) is 1. The van der Waals surface area contributed by atoms with Crippen LogP contribution in [0.15, 0.2) is 42.5 Å². The number of carbonyl (C=O) groups is 2. The predicted molar refractivity (Wildman–Crippen MR) is 116 cm³/mol. The second-order valence-corrected chi connectivity index (χ2v) is 7.56. The Hall–Kier alpha value is -2.11. The molecule has 0 saturated carbocycles. The first-order chi connectivity index (χ1) is 13.9. The Kier molecular flexibility index (Phi) is 9.42. The molecule has 0 saturated heterocycles. The zero-order chi connectivity index (χ0) is 21.2. The third kappa shape index (κ3) is 7.33.